The topological polar surface area (TPSA) is 312 Å². The molecule has 0 saturated carbocycles. The number of hydrogen-bond acceptors (Lipinski definition) is 20. The number of methoxy groups -OCH3 is 2. The van der Waals surface area contributed by atoms with Gasteiger partial charge in [0, 0.05) is 56.1 Å². The number of halogens is 10. The van der Waals surface area contributed by atoms with Crippen LogP contribution in [-0.4, -0.2) is 143 Å². The molecular weight excluding hydrogens is 1390 g/mol. The third-order valence-electron chi connectivity index (χ3n) is 4.83. The number of aromatic nitrogens is 10. The van der Waals surface area contributed by atoms with Gasteiger partial charge in [-0.1, -0.05) is 14.9 Å². The number of hydrogen-bond donors (Lipinski definition) is 7. The van der Waals surface area contributed by atoms with Crippen LogP contribution in [0.3, 0.4) is 0 Å². The number of nitrogens with two attached hydrogens (primary N) is 2. The maximum atomic E-state index is 8.18. The summed E-state index contributed by atoms with van der Waals surface area (Å²) in [7, 11) is 9.69. The third kappa shape index (κ3) is 36.2. The lowest BCUT2D eigenvalue weighted by molar-refractivity contribution is -0.118. The first-order valence-corrected chi connectivity index (χ1v) is 21.6. The van der Waals surface area contributed by atoms with Crippen molar-refractivity contribution < 1.29 is 36.2 Å². The third-order valence-corrected chi connectivity index (χ3v) is 8.91. The number of aliphatic hydroxyl groups excluding tert-OH is 2. The maximum Gasteiger partial charge on any atom is 0.215 e. The molecule has 0 aliphatic heterocycles. The van der Waals surface area contributed by atoms with Crippen LogP contribution in [0.5, 0.6) is 0 Å². The van der Waals surface area contributed by atoms with Crippen molar-refractivity contribution >= 4 is 170 Å². The minimum absolute atomic E-state index is 0. The molecule has 5 rings (SSSR count). The predicted octanol–water partition coefficient (Wildman–Crippen LogP) is 8.28. The molecule has 32 heteroatoms. The molecule has 0 radical (unpaired) electrons. The number of anilines is 1. The van der Waals surface area contributed by atoms with Gasteiger partial charge in [-0.3, -0.25) is 10.0 Å². The number of fused-ring (bicyclic) bond motifs is 1. The van der Waals surface area contributed by atoms with E-state index in [0.29, 0.717) is 55.9 Å². The molecule has 5 aromatic rings. The van der Waals surface area contributed by atoms with Crippen molar-refractivity contribution in [1.82, 2.24) is 59.7 Å². The number of aliphatic hydroxyl groups is 2. The van der Waals surface area contributed by atoms with E-state index in [-0.39, 0.29) is 46.4 Å². The fourth-order valence-electron chi connectivity index (χ4n) is 2.70. The Bertz CT molecular complexity index is 1880. The van der Waals surface area contributed by atoms with Crippen molar-refractivity contribution in [2.45, 2.75) is 34.6 Å². The summed E-state index contributed by atoms with van der Waals surface area (Å²) in [6, 6.07) is 0. The first-order valence-electron chi connectivity index (χ1n) is 15.3. The molecule has 364 valence electrons. The van der Waals surface area contributed by atoms with E-state index in [2.05, 4.69) is 194 Å². The predicted molar refractivity (Wildman–Crippen MR) is 278 cm³/mol. The highest BCUT2D eigenvalue weighted by Crippen LogP contribution is 2.22. The van der Waals surface area contributed by atoms with Gasteiger partial charge >= 0.3 is 0 Å². The van der Waals surface area contributed by atoms with E-state index in [9.17, 15) is 0 Å². The van der Waals surface area contributed by atoms with Crippen LogP contribution in [-0.2, 0) is 15.9 Å². The number of nitrogens with zero attached hydrogens (tertiary/aromatic N) is 13. The molecule has 5 aromatic heterocycles. The first kappa shape index (κ1) is 75.6. The summed E-state index contributed by atoms with van der Waals surface area (Å²) in [5.41, 5.74) is 6.80. The second-order valence-electron chi connectivity index (χ2n) is 9.09. The Morgan fingerprint density at radius 3 is 1.70 bits per heavy atom. The van der Waals surface area contributed by atoms with E-state index in [1.165, 1.54) is 12.5 Å². The smallest absolute Gasteiger partial charge is 0.215 e. The van der Waals surface area contributed by atoms with Gasteiger partial charge in [0.1, 0.15) is 33.9 Å². The zero-order valence-electron chi connectivity index (χ0n) is 32.9. The average molecular weight is 1440 g/mol. The molecule has 0 saturated heterocycles. The Kier molecular flexibility index (Phi) is 57.9. The lowest BCUT2D eigenvalue weighted by atomic mass is 10.3. The van der Waals surface area contributed by atoms with Gasteiger partial charge in [-0.15, -0.1) is 17.6 Å². The molecular formula is C31H54Br8ClFN16O6. The summed E-state index contributed by atoms with van der Waals surface area (Å²) in [6.07, 6.45) is 11.1. The number of nitrogens with one attached hydrogen (secondary N) is 1. The normalized spacial score (nSPS) is 9.14. The summed E-state index contributed by atoms with van der Waals surface area (Å²) >= 11 is 25.7. The molecule has 5 heterocycles. The summed E-state index contributed by atoms with van der Waals surface area (Å²) in [5, 5.41) is 38.8. The van der Waals surface area contributed by atoms with Gasteiger partial charge in [0.25, 0.3) is 0 Å². The molecule has 0 spiro atoms. The van der Waals surface area contributed by atoms with E-state index in [0.717, 1.165) is 17.4 Å². The lowest BCUT2D eigenvalue weighted by Gasteiger charge is -2.09. The van der Waals surface area contributed by atoms with Crippen LogP contribution in [0.15, 0.2) is 78.1 Å². The van der Waals surface area contributed by atoms with Gasteiger partial charge in [0.2, 0.25) is 6.41 Å². The van der Waals surface area contributed by atoms with E-state index >= 15 is 0 Å². The van der Waals surface area contributed by atoms with Crippen molar-refractivity contribution in [3.63, 3.8) is 0 Å². The Balaban J connectivity index is -0.0000000976. The van der Waals surface area contributed by atoms with Crippen molar-refractivity contribution in [3.8, 4) is 0 Å². The van der Waals surface area contributed by atoms with E-state index in [4.69, 9.17) is 35.8 Å². The van der Waals surface area contributed by atoms with Crippen LogP contribution in [0.25, 0.3) is 5.65 Å². The van der Waals surface area contributed by atoms with Crippen LogP contribution < -0.4 is 16.9 Å². The van der Waals surface area contributed by atoms with Gasteiger partial charge < -0.3 is 40.7 Å². The minimum Gasteiger partial charge on any atom is -0.411 e. The molecule has 0 aliphatic rings. The number of aliphatic imine (C=N–C) groups is 1. The van der Waals surface area contributed by atoms with Crippen molar-refractivity contribution in [2.24, 2.45) is 16.0 Å². The molecule has 0 unspecified atom stereocenters. The quantitative estimate of drug-likeness (QED) is 0.0265. The summed E-state index contributed by atoms with van der Waals surface area (Å²) in [6.45, 7) is 1.93. The second kappa shape index (κ2) is 48.2. The SMILES string of the molecule is Brc1ncc(Br)n2ncnc12.C.C.CCO.CN(C)C=Nc1nc(Br)cnc1Br.CNC(OC)OC.CO.Cl.F.NO.Nc1nc(Br)cnc1Br.O/N=C/Cc1nc(Br)cnc1Br.[2HH]. The molecule has 0 fully saturated rings. The average Bonchev–Trinajstić information content (AvgIpc) is 3.74. The lowest BCUT2D eigenvalue weighted by Crippen LogP contribution is -2.28. The summed E-state index contributed by atoms with van der Waals surface area (Å²) < 4.78 is 16.4. The van der Waals surface area contributed by atoms with E-state index < -0.39 is 0 Å². The monoisotopic (exact) mass is 1430 g/mol. The molecule has 0 atom stereocenters. The summed E-state index contributed by atoms with van der Waals surface area (Å²) in [5.74, 6) is 4.45. The second-order valence-corrected chi connectivity index (χ2v) is 15.3. The Labute approximate surface area is 440 Å². The molecule has 0 bridgehead atoms. The molecule has 9 N–H and O–H groups in total. The highest BCUT2D eigenvalue weighted by molar-refractivity contribution is 9.11. The zero-order valence-corrected chi connectivity index (χ0v) is 46.5. The van der Waals surface area contributed by atoms with E-state index in [1.807, 2.05) is 19.0 Å². The summed E-state index contributed by atoms with van der Waals surface area (Å²) in [4.78, 5) is 38.0. The molecule has 22 nitrogen and oxygen atoms in total. The van der Waals surface area contributed by atoms with E-state index in [1.54, 1.807) is 63.8 Å². The maximum absolute atomic E-state index is 8.18. The number of nitrogen functional groups attached to an aromatic ring is 1. The molecule has 0 aromatic carbocycles. The molecule has 63 heavy (non-hydrogen) atoms. The first-order chi connectivity index (χ1) is 28.1. The van der Waals surface area contributed by atoms with Crippen LogP contribution in [0, 0.1) is 0 Å². The van der Waals surface area contributed by atoms with Crippen LogP contribution in [0.1, 0.15) is 28.9 Å². The van der Waals surface area contributed by atoms with Gasteiger partial charge in [-0.2, -0.15) is 5.10 Å². The standard InChI is InChI=1S/C7H8Br2N4.C6H5Br2N3O.C5H2Br2N4.C4H3Br2N3.C4H11NO2.C2H6O.CH4O.2CH4.ClH.FH.H3NO.H2/c1-13(2)4-11-7-6(9)10-3-5(8)12-7;7-5-3-9-6(8)4(11-5)1-2-10-12;6-3-1-8-4(7)5-9-2-10-11(3)5;5-2-1-8-3(6)4(7)9-2;1-5-4(6-2)7-3;1-2-3;1-2;;;;;1-2;/h3-4H,1-2H3;2-3,12H,1H2;1-2H;1H,(H2,7,9);4-5H,1-3H3;3H,2H2,1H3;2H,1H3;2*1H4;2*1H;2H,1H2;1H/b;10-2+;;;;;;;;;;;/i;;;;;;;;;;;;1+1. The Hall–Kier alpha value is -1.69. The van der Waals surface area contributed by atoms with Crippen molar-refractivity contribution in [2.75, 3.05) is 54.8 Å². The van der Waals surface area contributed by atoms with Crippen LogP contribution in [0.2, 0.25) is 0 Å². The fraction of sp³-hybridized carbons (Fsp3) is 0.387. The van der Waals surface area contributed by atoms with Gasteiger partial charge in [-0.25, -0.2) is 55.3 Å². The van der Waals surface area contributed by atoms with Crippen LogP contribution >= 0.6 is 140 Å². The zero-order chi connectivity index (χ0) is 45.9. The molecule has 0 amide bonds. The van der Waals surface area contributed by atoms with Crippen molar-refractivity contribution in [1.29, 1.82) is 0 Å². The largest absolute Gasteiger partial charge is 0.411 e. The number of rotatable bonds is 7. The van der Waals surface area contributed by atoms with Crippen LogP contribution in [0.4, 0.5) is 16.3 Å². The van der Waals surface area contributed by atoms with Gasteiger partial charge in [-0.05, 0) is 141 Å². The molecule has 0 aliphatic carbocycles. The number of ether oxygens (including phenoxy) is 2. The number of oxime groups is 1. The van der Waals surface area contributed by atoms with Crippen molar-refractivity contribution in [3.05, 3.63) is 73.6 Å². The fourth-order valence-corrected chi connectivity index (χ4v) is 5.15. The van der Waals surface area contributed by atoms with Gasteiger partial charge in [0.05, 0.1) is 36.8 Å². The minimum atomic E-state index is -0.264. The Morgan fingerprint density at radius 1 is 0.825 bits per heavy atom. The Morgan fingerprint density at radius 2 is 1.29 bits per heavy atom. The highest BCUT2D eigenvalue weighted by atomic mass is 79.9. The highest BCUT2D eigenvalue weighted by Gasteiger charge is 2.05. The van der Waals surface area contributed by atoms with Gasteiger partial charge in [0.15, 0.2) is 26.5 Å².